The standard InChI is InChI=1S/C29H30N6O3/c1-36-27-13-21(4-7-26(27)38-19-22-15-32-35(18-22)17-20-2-3-20)12-23-5-6-25-29(24(23)14-30)33-28(16-31-25)34-8-10-37-11-9-34/h4-7,13,15-16,18,20H,2-3,8-12,17,19H2,1H3. The third-order valence-corrected chi connectivity index (χ3v) is 7.08. The van der Waals surface area contributed by atoms with Crippen molar-refractivity contribution in [2.24, 2.45) is 5.92 Å². The lowest BCUT2D eigenvalue weighted by molar-refractivity contribution is 0.122. The molecular weight excluding hydrogens is 480 g/mol. The molecule has 1 aliphatic heterocycles. The highest BCUT2D eigenvalue weighted by Crippen LogP contribution is 2.32. The van der Waals surface area contributed by atoms with E-state index in [1.165, 1.54) is 12.8 Å². The molecule has 2 aromatic carbocycles. The fraction of sp³-hybridized carbons (Fsp3) is 0.379. The number of hydrogen-bond donors (Lipinski definition) is 0. The molecule has 0 unspecified atom stereocenters. The van der Waals surface area contributed by atoms with Gasteiger partial charge in [-0.15, -0.1) is 0 Å². The Labute approximate surface area is 221 Å². The topological polar surface area (TPSA) is 98.3 Å². The van der Waals surface area contributed by atoms with E-state index in [4.69, 9.17) is 19.2 Å². The predicted octanol–water partition coefficient (Wildman–Crippen LogP) is 4.12. The maximum absolute atomic E-state index is 10.1. The predicted molar refractivity (Wildman–Crippen MR) is 142 cm³/mol. The summed E-state index contributed by atoms with van der Waals surface area (Å²) in [6.45, 7) is 4.26. The summed E-state index contributed by atoms with van der Waals surface area (Å²) in [7, 11) is 1.64. The lowest BCUT2D eigenvalue weighted by Gasteiger charge is -2.27. The minimum atomic E-state index is 0.424. The van der Waals surface area contributed by atoms with E-state index in [-0.39, 0.29) is 0 Å². The van der Waals surface area contributed by atoms with Crippen molar-refractivity contribution in [3.05, 3.63) is 71.2 Å². The average molecular weight is 511 g/mol. The molecule has 0 amide bonds. The molecule has 9 heteroatoms. The summed E-state index contributed by atoms with van der Waals surface area (Å²) in [6.07, 6.45) is 8.85. The Balaban J connectivity index is 1.20. The minimum absolute atomic E-state index is 0.424. The van der Waals surface area contributed by atoms with Crippen LogP contribution in [-0.4, -0.2) is 53.2 Å². The molecule has 0 N–H and O–H groups in total. The normalized spacial score (nSPS) is 15.4. The number of ether oxygens (including phenoxy) is 3. The van der Waals surface area contributed by atoms with Gasteiger partial charge in [-0.3, -0.25) is 9.67 Å². The van der Waals surface area contributed by atoms with Crippen LogP contribution < -0.4 is 14.4 Å². The molecule has 0 atom stereocenters. The highest BCUT2D eigenvalue weighted by molar-refractivity contribution is 5.83. The Morgan fingerprint density at radius 1 is 1.08 bits per heavy atom. The molecule has 1 saturated carbocycles. The molecule has 0 spiro atoms. The molecule has 9 nitrogen and oxygen atoms in total. The van der Waals surface area contributed by atoms with Gasteiger partial charge in [-0.05, 0) is 54.5 Å². The van der Waals surface area contributed by atoms with Crippen molar-refractivity contribution < 1.29 is 14.2 Å². The van der Waals surface area contributed by atoms with Crippen molar-refractivity contribution >= 4 is 16.9 Å². The highest BCUT2D eigenvalue weighted by atomic mass is 16.5. The molecule has 1 aliphatic carbocycles. The van der Waals surface area contributed by atoms with Crippen LogP contribution in [0.25, 0.3) is 11.0 Å². The number of fused-ring (bicyclic) bond motifs is 1. The fourth-order valence-corrected chi connectivity index (χ4v) is 4.79. The summed E-state index contributed by atoms with van der Waals surface area (Å²) >= 11 is 0. The fourth-order valence-electron chi connectivity index (χ4n) is 4.79. The van der Waals surface area contributed by atoms with Gasteiger partial charge in [0, 0.05) is 31.4 Å². The van der Waals surface area contributed by atoms with E-state index in [1.54, 1.807) is 13.3 Å². The van der Waals surface area contributed by atoms with Gasteiger partial charge in [0.25, 0.3) is 0 Å². The molecule has 1 saturated heterocycles. The second kappa shape index (κ2) is 10.7. The zero-order chi connectivity index (χ0) is 25.9. The quantitative estimate of drug-likeness (QED) is 0.332. The molecule has 0 bridgehead atoms. The second-order valence-corrected chi connectivity index (χ2v) is 9.87. The zero-order valence-electron chi connectivity index (χ0n) is 21.5. The van der Waals surface area contributed by atoms with Crippen molar-refractivity contribution in [1.82, 2.24) is 19.7 Å². The molecule has 194 valence electrons. The van der Waals surface area contributed by atoms with Gasteiger partial charge in [0.1, 0.15) is 24.0 Å². The van der Waals surface area contributed by atoms with Gasteiger partial charge in [0.05, 0.1) is 43.8 Å². The molecule has 4 aromatic rings. The van der Waals surface area contributed by atoms with Gasteiger partial charge in [-0.25, -0.2) is 4.98 Å². The van der Waals surface area contributed by atoms with Gasteiger partial charge < -0.3 is 19.1 Å². The summed E-state index contributed by atoms with van der Waals surface area (Å²) in [6, 6.07) is 12.2. The zero-order valence-corrected chi connectivity index (χ0v) is 21.5. The van der Waals surface area contributed by atoms with Crippen LogP contribution in [-0.2, 0) is 24.3 Å². The van der Waals surface area contributed by atoms with Gasteiger partial charge in [-0.2, -0.15) is 10.4 Å². The van der Waals surface area contributed by atoms with Crippen LogP contribution in [0.15, 0.2) is 48.9 Å². The molecule has 6 rings (SSSR count). The van der Waals surface area contributed by atoms with E-state index < -0.39 is 0 Å². The van der Waals surface area contributed by atoms with Crippen LogP contribution in [0.3, 0.4) is 0 Å². The van der Waals surface area contributed by atoms with Gasteiger partial charge in [0.2, 0.25) is 0 Å². The minimum Gasteiger partial charge on any atom is -0.493 e. The molecule has 2 fully saturated rings. The van der Waals surface area contributed by atoms with Gasteiger partial charge in [0.15, 0.2) is 11.5 Å². The van der Waals surface area contributed by atoms with E-state index in [1.807, 2.05) is 41.2 Å². The largest absolute Gasteiger partial charge is 0.493 e. The van der Waals surface area contributed by atoms with Crippen LogP contribution in [0.4, 0.5) is 5.82 Å². The second-order valence-electron chi connectivity index (χ2n) is 9.87. The number of nitriles is 1. The molecule has 3 heterocycles. The van der Waals surface area contributed by atoms with E-state index in [0.717, 1.165) is 48.1 Å². The van der Waals surface area contributed by atoms with Crippen molar-refractivity contribution in [1.29, 1.82) is 5.26 Å². The number of methoxy groups -OCH3 is 1. The maximum atomic E-state index is 10.1. The van der Waals surface area contributed by atoms with E-state index in [2.05, 4.69) is 27.2 Å². The SMILES string of the molecule is COc1cc(Cc2ccc3ncc(N4CCOCC4)nc3c2C#N)ccc1OCc1cnn(CC2CC2)c1. The van der Waals surface area contributed by atoms with Gasteiger partial charge in [-0.1, -0.05) is 12.1 Å². The number of anilines is 1. The first-order valence-electron chi connectivity index (χ1n) is 13.0. The molecule has 38 heavy (non-hydrogen) atoms. The number of rotatable bonds is 9. The summed E-state index contributed by atoms with van der Waals surface area (Å²) in [4.78, 5) is 11.5. The first-order valence-corrected chi connectivity index (χ1v) is 13.0. The van der Waals surface area contributed by atoms with E-state index >= 15 is 0 Å². The first-order chi connectivity index (χ1) is 18.7. The first kappa shape index (κ1) is 24.2. The van der Waals surface area contributed by atoms with Crippen molar-refractivity contribution in [3.63, 3.8) is 0 Å². The number of benzene rings is 2. The molecule has 2 aliphatic rings. The summed E-state index contributed by atoms with van der Waals surface area (Å²) in [5, 5.41) is 14.5. The smallest absolute Gasteiger partial charge is 0.161 e. The van der Waals surface area contributed by atoms with Gasteiger partial charge >= 0.3 is 0 Å². The molecule has 0 radical (unpaired) electrons. The third kappa shape index (κ3) is 5.27. The number of morpholine rings is 1. The molecule has 2 aromatic heterocycles. The third-order valence-electron chi connectivity index (χ3n) is 7.08. The number of nitrogens with zero attached hydrogens (tertiary/aromatic N) is 6. The maximum Gasteiger partial charge on any atom is 0.161 e. The van der Waals surface area contributed by atoms with Crippen LogP contribution >= 0.6 is 0 Å². The summed E-state index contributed by atoms with van der Waals surface area (Å²) < 4.78 is 19.2. The molecular formula is C29H30N6O3. The Hall–Kier alpha value is -4.16. The Bertz CT molecular complexity index is 1480. The Kier molecular flexibility index (Phi) is 6.80. The summed E-state index contributed by atoms with van der Waals surface area (Å²) in [5.41, 5.74) is 4.83. The Morgan fingerprint density at radius 2 is 1.95 bits per heavy atom. The Morgan fingerprint density at radius 3 is 2.74 bits per heavy atom. The summed E-state index contributed by atoms with van der Waals surface area (Å²) in [5.74, 6) is 2.88. The highest BCUT2D eigenvalue weighted by Gasteiger charge is 2.22. The van der Waals surface area contributed by atoms with Crippen LogP contribution in [0, 0.1) is 17.2 Å². The van der Waals surface area contributed by atoms with Crippen LogP contribution in [0.2, 0.25) is 0 Å². The van der Waals surface area contributed by atoms with Crippen molar-refractivity contribution in [2.45, 2.75) is 32.4 Å². The van der Waals surface area contributed by atoms with Crippen LogP contribution in [0.5, 0.6) is 11.5 Å². The van der Waals surface area contributed by atoms with Crippen molar-refractivity contribution in [2.75, 3.05) is 38.3 Å². The average Bonchev–Trinajstić information content (AvgIpc) is 3.67. The van der Waals surface area contributed by atoms with Crippen LogP contribution in [0.1, 0.15) is 35.1 Å². The monoisotopic (exact) mass is 510 g/mol. The van der Waals surface area contributed by atoms with E-state index in [0.29, 0.717) is 54.3 Å². The van der Waals surface area contributed by atoms with Crippen molar-refractivity contribution in [3.8, 4) is 17.6 Å². The van der Waals surface area contributed by atoms with E-state index in [9.17, 15) is 5.26 Å². The number of aromatic nitrogens is 4. The lowest BCUT2D eigenvalue weighted by Crippen LogP contribution is -2.36. The lowest BCUT2D eigenvalue weighted by atomic mass is 9.98. The number of hydrogen-bond acceptors (Lipinski definition) is 8.